The molecule has 0 radical (unpaired) electrons. The van der Waals surface area contributed by atoms with Crippen molar-refractivity contribution in [3.63, 3.8) is 0 Å². The van der Waals surface area contributed by atoms with Gasteiger partial charge in [0.15, 0.2) is 0 Å². The molecule has 0 spiro atoms. The Balaban J connectivity index is 2.85. The van der Waals surface area contributed by atoms with Gasteiger partial charge in [0.1, 0.15) is 17.7 Å². The summed E-state index contributed by atoms with van der Waals surface area (Å²) in [4.78, 5) is 36.9. The van der Waals surface area contributed by atoms with Crippen LogP contribution in [-0.2, 0) is 25.5 Å². The molecule has 2 N–H and O–H groups in total. The SMILES string of the molecule is COC(=O)C(Cc1ccccc1)NC(=O)C(NC(=O)OC(C)(C)C)C(C)C. The van der Waals surface area contributed by atoms with Gasteiger partial charge in [0.25, 0.3) is 0 Å². The van der Waals surface area contributed by atoms with Crippen LogP contribution in [0.1, 0.15) is 40.2 Å². The maximum atomic E-state index is 12.7. The summed E-state index contributed by atoms with van der Waals surface area (Å²) in [5, 5.41) is 5.26. The maximum Gasteiger partial charge on any atom is 0.408 e. The molecule has 1 rings (SSSR count). The van der Waals surface area contributed by atoms with Crippen molar-refractivity contribution >= 4 is 18.0 Å². The monoisotopic (exact) mass is 378 g/mol. The highest BCUT2D eigenvalue weighted by Crippen LogP contribution is 2.10. The number of hydrogen-bond donors (Lipinski definition) is 2. The number of carbonyl (C=O) groups is 3. The van der Waals surface area contributed by atoms with Crippen molar-refractivity contribution in [3.8, 4) is 0 Å². The van der Waals surface area contributed by atoms with Gasteiger partial charge in [-0.15, -0.1) is 0 Å². The first-order valence-corrected chi connectivity index (χ1v) is 8.95. The normalized spacial score (nSPS) is 13.4. The fourth-order valence-corrected chi connectivity index (χ4v) is 2.42. The lowest BCUT2D eigenvalue weighted by Crippen LogP contribution is -2.55. The molecule has 27 heavy (non-hydrogen) atoms. The summed E-state index contributed by atoms with van der Waals surface area (Å²) in [7, 11) is 1.27. The predicted octanol–water partition coefficient (Wildman–Crippen LogP) is 2.44. The molecule has 1 aromatic rings. The summed E-state index contributed by atoms with van der Waals surface area (Å²) >= 11 is 0. The predicted molar refractivity (Wildman–Crippen MR) is 102 cm³/mol. The van der Waals surface area contributed by atoms with Crippen LogP contribution >= 0.6 is 0 Å². The summed E-state index contributed by atoms with van der Waals surface area (Å²) in [5.74, 6) is -1.22. The fraction of sp³-hybridized carbons (Fsp3) is 0.550. The Hall–Kier alpha value is -2.57. The molecule has 2 atom stereocenters. The molecule has 0 saturated carbocycles. The third-order valence-electron chi connectivity index (χ3n) is 3.71. The summed E-state index contributed by atoms with van der Waals surface area (Å²) in [6.07, 6.45) is -0.398. The molecule has 0 aliphatic carbocycles. The van der Waals surface area contributed by atoms with E-state index in [0.717, 1.165) is 5.56 Å². The Morgan fingerprint density at radius 3 is 2.11 bits per heavy atom. The van der Waals surface area contributed by atoms with Gasteiger partial charge in [-0.3, -0.25) is 4.79 Å². The zero-order valence-corrected chi connectivity index (χ0v) is 16.9. The van der Waals surface area contributed by atoms with E-state index in [1.807, 2.05) is 30.3 Å². The first-order valence-electron chi connectivity index (χ1n) is 8.95. The third-order valence-corrected chi connectivity index (χ3v) is 3.71. The van der Waals surface area contributed by atoms with Gasteiger partial charge in [-0.25, -0.2) is 9.59 Å². The molecule has 7 heteroatoms. The Bertz CT molecular complexity index is 638. The molecule has 0 heterocycles. The van der Waals surface area contributed by atoms with Gasteiger partial charge in [0.05, 0.1) is 7.11 Å². The number of ether oxygens (including phenoxy) is 2. The van der Waals surface area contributed by atoms with Gasteiger partial charge in [-0.2, -0.15) is 0 Å². The molecule has 150 valence electrons. The number of benzene rings is 1. The topological polar surface area (TPSA) is 93.7 Å². The molecule has 0 aromatic heterocycles. The van der Waals surface area contributed by atoms with Crippen LogP contribution in [0.4, 0.5) is 4.79 Å². The smallest absolute Gasteiger partial charge is 0.408 e. The molecule has 0 aliphatic rings. The maximum absolute atomic E-state index is 12.7. The molecular weight excluding hydrogens is 348 g/mol. The number of alkyl carbamates (subject to hydrolysis) is 1. The lowest BCUT2D eigenvalue weighted by molar-refractivity contribution is -0.145. The Kier molecular flexibility index (Phi) is 8.28. The zero-order chi connectivity index (χ0) is 20.6. The minimum atomic E-state index is -0.855. The summed E-state index contributed by atoms with van der Waals surface area (Å²) in [5.41, 5.74) is 0.207. The quantitative estimate of drug-likeness (QED) is 0.711. The van der Waals surface area contributed by atoms with E-state index in [0.29, 0.717) is 0 Å². The van der Waals surface area contributed by atoms with E-state index in [2.05, 4.69) is 10.6 Å². The molecular formula is C20H30N2O5. The third kappa shape index (κ3) is 8.11. The molecule has 0 aliphatic heterocycles. The summed E-state index contributed by atoms with van der Waals surface area (Å²) in [6.45, 7) is 8.82. The van der Waals surface area contributed by atoms with Crippen molar-refractivity contribution in [3.05, 3.63) is 35.9 Å². The van der Waals surface area contributed by atoms with Crippen LogP contribution in [0.25, 0.3) is 0 Å². The minimum absolute atomic E-state index is 0.201. The number of esters is 1. The second-order valence-electron chi connectivity index (χ2n) is 7.64. The Labute approximate surface area is 160 Å². The van der Waals surface area contributed by atoms with Crippen molar-refractivity contribution in [1.29, 1.82) is 0 Å². The minimum Gasteiger partial charge on any atom is -0.467 e. The van der Waals surface area contributed by atoms with E-state index in [1.165, 1.54) is 7.11 Å². The number of nitrogens with one attached hydrogen (secondary N) is 2. The second kappa shape index (κ2) is 9.94. The van der Waals surface area contributed by atoms with Gasteiger partial charge < -0.3 is 20.1 Å². The average Bonchev–Trinajstić information content (AvgIpc) is 2.57. The largest absolute Gasteiger partial charge is 0.467 e. The van der Waals surface area contributed by atoms with Crippen LogP contribution in [0.3, 0.4) is 0 Å². The fourth-order valence-electron chi connectivity index (χ4n) is 2.42. The number of rotatable bonds is 7. The Morgan fingerprint density at radius 2 is 1.63 bits per heavy atom. The van der Waals surface area contributed by atoms with Gasteiger partial charge in [0, 0.05) is 6.42 Å². The van der Waals surface area contributed by atoms with Crippen molar-refractivity contribution in [1.82, 2.24) is 10.6 Å². The van der Waals surface area contributed by atoms with Crippen LogP contribution in [0, 0.1) is 5.92 Å². The molecule has 0 fully saturated rings. The van der Waals surface area contributed by atoms with Crippen LogP contribution in [0.2, 0.25) is 0 Å². The average molecular weight is 378 g/mol. The van der Waals surface area contributed by atoms with Crippen LogP contribution < -0.4 is 10.6 Å². The first-order chi connectivity index (χ1) is 12.5. The highest BCUT2D eigenvalue weighted by Gasteiger charge is 2.30. The number of methoxy groups -OCH3 is 1. The van der Waals surface area contributed by atoms with Crippen LogP contribution in [0.15, 0.2) is 30.3 Å². The molecule has 7 nitrogen and oxygen atoms in total. The summed E-state index contributed by atoms with van der Waals surface area (Å²) in [6, 6.07) is 7.60. The van der Waals surface area contributed by atoms with Crippen molar-refractivity contribution in [2.24, 2.45) is 5.92 Å². The van der Waals surface area contributed by atoms with E-state index in [9.17, 15) is 14.4 Å². The van der Waals surface area contributed by atoms with Crippen molar-refractivity contribution < 1.29 is 23.9 Å². The molecule has 2 amide bonds. The van der Waals surface area contributed by atoms with Gasteiger partial charge in [0.2, 0.25) is 5.91 Å². The van der Waals surface area contributed by atoms with E-state index in [-0.39, 0.29) is 12.3 Å². The molecule has 0 saturated heterocycles. The first kappa shape index (κ1) is 22.5. The lowest BCUT2D eigenvalue weighted by Gasteiger charge is -2.26. The van der Waals surface area contributed by atoms with E-state index < -0.39 is 35.7 Å². The van der Waals surface area contributed by atoms with Crippen molar-refractivity contribution in [2.45, 2.75) is 58.7 Å². The van der Waals surface area contributed by atoms with E-state index >= 15 is 0 Å². The number of amides is 2. The highest BCUT2D eigenvalue weighted by atomic mass is 16.6. The highest BCUT2D eigenvalue weighted by molar-refractivity contribution is 5.90. The number of hydrogen-bond acceptors (Lipinski definition) is 5. The summed E-state index contributed by atoms with van der Waals surface area (Å²) < 4.78 is 10.0. The Morgan fingerprint density at radius 1 is 1.04 bits per heavy atom. The lowest BCUT2D eigenvalue weighted by atomic mass is 10.0. The standard InChI is InChI=1S/C20H30N2O5/c1-13(2)16(22-19(25)27-20(3,4)5)17(23)21-15(18(24)26-6)12-14-10-8-7-9-11-14/h7-11,13,15-16H,12H2,1-6H3,(H,21,23)(H,22,25). The molecule has 2 unspecified atom stereocenters. The van der Waals surface area contributed by atoms with Gasteiger partial charge in [-0.05, 0) is 32.3 Å². The number of carbonyl (C=O) groups excluding carboxylic acids is 3. The second-order valence-corrected chi connectivity index (χ2v) is 7.64. The van der Waals surface area contributed by atoms with E-state index in [1.54, 1.807) is 34.6 Å². The van der Waals surface area contributed by atoms with Gasteiger partial charge in [-0.1, -0.05) is 44.2 Å². The van der Waals surface area contributed by atoms with E-state index in [4.69, 9.17) is 9.47 Å². The van der Waals surface area contributed by atoms with Crippen LogP contribution in [0.5, 0.6) is 0 Å². The van der Waals surface area contributed by atoms with Crippen LogP contribution in [-0.4, -0.2) is 42.8 Å². The van der Waals surface area contributed by atoms with Crippen molar-refractivity contribution in [2.75, 3.05) is 7.11 Å². The van der Waals surface area contributed by atoms with Gasteiger partial charge >= 0.3 is 12.1 Å². The zero-order valence-electron chi connectivity index (χ0n) is 16.9. The molecule has 1 aromatic carbocycles. The molecule has 0 bridgehead atoms.